The lowest BCUT2D eigenvalue weighted by atomic mass is 10.1. The van der Waals surface area contributed by atoms with Gasteiger partial charge in [-0.25, -0.2) is 4.79 Å². The van der Waals surface area contributed by atoms with E-state index in [0.29, 0.717) is 23.4 Å². The number of benzene rings is 2. The van der Waals surface area contributed by atoms with Crippen LogP contribution in [-0.2, 0) is 19.1 Å². The van der Waals surface area contributed by atoms with Crippen LogP contribution in [0.5, 0.6) is 5.75 Å². The van der Waals surface area contributed by atoms with Gasteiger partial charge in [-0.15, -0.1) is 0 Å². The Morgan fingerprint density at radius 3 is 2.18 bits per heavy atom. The molecule has 0 spiro atoms. The van der Waals surface area contributed by atoms with Crippen LogP contribution in [0.3, 0.4) is 0 Å². The Morgan fingerprint density at radius 2 is 1.59 bits per heavy atom. The van der Waals surface area contributed by atoms with Gasteiger partial charge in [0.05, 0.1) is 7.11 Å². The number of esters is 1. The molecule has 0 bridgehead atoms. The predicted molar refractivity (Wildman–Crippen MR) is 129 cm³/mol. The van der Waals surface area contributed by atoms with Crippen molar-refractivity contribution >= 4 is 35.3 Å². The van der Waals surface area contributed by atoms with Crippen molar-refractivity contribution in [3.8, 4) is 5.75 Å². The maximum Gasteiger partial charge on any atom is 0.328 e. The molecule has 2 N–H and O–H groups in total. The standard InChI is InChI=1S/C26H30N2O6/c1-17(2)15-25(31)28-21-10-8-20(9-11-21)23(29)16-34-26(32)18(3)27-24(30)14-7-19-5-12-22(33-4)13-6-19/h5-14,17-18H,15-16H2,1-4H3,(H,27,30)(H,28,31)/t18-/m0/s1. The summed E-state index contributed by atoms with van der Waals surface area (Å²) in [5, 5.41) is 5.26. The maximum atomic E-state index is 12.3. The first-order chi connectivity index (χ1) is 16.2. The summed E-state index contributed by atoms with van der Waals surface area (Å²) in [6.45, 7) is 4.92. The number of amides is 2. The highest BCUT2D eigenvalue weighted by atomic mass is 16.5. The van der Waals surface area contributed by atoms with Crippen LogP contribution in [-0.4, -0.2) is 43.3 Å². The fourth-order valence-corrected chi connectivity index (χ4v) is 2.87. The first kappa shape index (κ1) is 26.3. The topological polar surface area (TPSA) is 111 Å². The van der Waals surface area contributed by atoms with Crippen molar-refractivity contribution in [2.24, 2.45) is 5.92 Å². The highest BCUT2D eigenvalue weighted by Crippen LogP contribution is 2.13. The molecular formula is C26H30N2O6. The summed E-state index contributed by atoms with van der Waals surface area (Å²) in [5.41, 5.74) is 1.72. The first-order valence-corrected chi connectivity index (χ1v) is 10.9. The molecule has 8 nitrogen and oxygen atoms in total. The number of methoxy groups -OCH3 is 1. The number of anilines is 1. The maximum absolute atomic E-state index is 12.3. The molecule has 180 valence electrons. The Labute approximate surface area is 199 Å². The summed E-state index contributed by atoms with van der Waals surface area (Å²) in [4.78, 5) is 48.3. The first-order valence-electron chi connectivity index (χ1n) is 10.9. The fraction of sp³-hybridized carbons (Fsp3) is 0.308. The third-order valence-corrected chi connectivity index (χ3v) is 4.69. The summed E-state index contributed by atoms with van der Waals surface area (Å²) in [6.07, 6.45) is 3.31. The molecular weight excluding hydrogens is 436 g/mol. The molecule has 0 aromatic heterocycles. The van der Waals surface area contributed by atoms with Gasteiger partial charge in [-0.05, 0) is 60.9 Å². The summed E-state index contributed by atoms with van der Waals surface area (Å²) < 4.78 is 10.1. The van der Waals surface area contributed by atoms with Gasteiger partial charge in [-0.1, -0.05) is 26.0 Å². The van der Waals surface area contributed by atoms with Gasteiger partial charge in [0.1, 0.15) is 11.8 Å². The van der Waals surface area contributed by atoms with Crippen LogP contribution < -0.4 is 15.4 Å². The number of hydrogen-bond acceptors (Lipinski definition) is 6. The normalized spacial score (nSPS) is 11.7. The molecule has 0 saturated carbocycles. The van der Waals surface area contributed by atoms with E-state index in [9.17, 15) is 19.2 Å². The van der Waals surface area contributed by atoms with Gasteiger partial charge >= 0.3 is 5.97 Å². The molecule has 2 aromatic rings. The van der Waals surface area contributed by atoms with E-state index in [1.807, 2.05) is 13.8 Å². The molecule has 8 heteroatoms. The van der Waals surface area contributed by atoms with E-state index in [1.165, 1.54) is 13.0 Å². The second-order valence-corrected chi connectivity index (χ2v) is 8.09. The lowest BCUT2D eigenvalue weighted by Crippen LogP contribution is -2.39. The largest absolute Gasteiger partial charge is 0.497 e. The molecule has 0 saturated heterocycles. The monoisotopic (exact) mass is 466 g/mol. The van der Waals surface area contributed by atoms with Crippen LogP contribution >= 0.6 is 0 Å². The summed E-state index contributed by atoms with van der Waals surface area (Å²) in [5.74, 6) is -0.743. The lowest BCUT2D eigenvalue weighted by Gasteiger charge is -2.12. The van der Waals surface area contributed by atoms with Crippen molar-refractivity contribution < 1.29 is 28.7 Å². The van der Waals surface area contributed by atoms with Crippen molar-refractivity contribution in [3.63, 3.8) is 0 Å². The predicted octanol–water partition coefficient (Wildman–Crippen LogP) is 3.62. The second-order valence-electron chi connectivity index (χ2n) is 8.09. The van der Waals surface area contributed by atoms with Crippen molar-refractivity contribution in [2.45, 2.75) is 33.2 Å². The summed E-state index contributed by atoms with van der Waals surface area (Å²) in [7, 11) is 1.57. The number of carbonyl (C=O) groups excluding carboxylic acids is 4. The SMILES string of the molecule is COc1ccc(C=CC(=O)N[C@@H](C)C(=O)OCC(=O)c2ccc(NC(=O)CC(C)C)cc2)cc1. The smallest absolute Gasteiger partial charge is 0.328 e. The average molecular weight is 467 g/mol. The van der Waals surface area contributed by atoms with Gasteiger partial charge in [0, 0.05) is 23.7 Å². The van der Waals surface area contributed by atoms with Crippen LogP contribution in [0.4, 0.5) is 5.69 Å². The molecule has 2 rings (SSSR count). The fourth-order valence-electron chi connectivity index (χ4n) is 2.87. The minimum absolute atomic E-state index is 0.0992. The number of carbonyl (C=O) groups is 4. The van der Waals surface area contributed by atoms with Crippen LogP contribution in [0.1, 0.15) is 43.1 Å². The molecule has 2 aromatic carbocycles. The van der Waals surface area contributed by atoms with Gasteiger partial charge in [-0.3, -0.25) is 14.4 Å². The number of rotatable bonds is 11. The second kappa shape index (κ2) is 12.9. The van der Waals surface area contributed by atoms with E-state index < -0.39 is 30.3 Å². The summed E-state index contributed by atoms with van der Waals surface area (Å²) >= 11 is 0. The minimum Gasteiger partial charge on any atom is -0.497 e. The van der Waals surface area contributed by atoms with Crippen LogP contribution in [0.2, 0.25) is 0 Å². The number of Topliss-reactive ketones (excluding diaryl/α,β-unsaturated/α-hetero) is 1. The van der Waals surface area contributed by atoms with Gasteiger partial charge < -0.3 is 20.1 Å². The van der Waals surface area contributed by atoms with Gasteiger partial charge in [0.2, 0.25) is 11.8 Å². The van der Waals surface area contributed by atoms with E-state index in [2.05, 4.69) is 10.6 Å². The molecule has 1 atom stereocenters. The van der Waals surface area contributed by atoms with Crippen LogP contribution in [0.25, 0.3) is 6.08 Å². The molecule has 0 heterocycles. The van der Waals surface area contributed by atoms with Crippen molar-refractivity contribution in [1.29, 1.82) is 0 Å². The molecule has 0 unspecified atom stereocenters. The van der Waals surface area contributed by atoms with Crippen molar-refractivity contribution in [1.82, 2.24) is 5.32 Å². The molecule has 0 fully saturated rings. The third-order valence-electron chi connectivity index (χ3n) is 4.69. The van der Waals surface area contributed by atoms with E-state index in [-0.39, 0.29) is 11.8 Å². The van der Waals surface area contributed by atoms with E-state index >= 15 is 0 Å². The molecule has 0 aliphatic heterocycles. The van der Waals surface area contributed by atoms with E-state index in [1.54, 1.807) is 61.7 Å². The highest BCUT2D eigenvalue weighted by molar-refractivity contribution is 5.99. The molecule has 2 amide bonds. The Bertz CT molecular complexity index is 1030. The van der Waals surface area contributed by atoms with Crippen molar-refractivity contribution in [3.05, 3.63) is 65.7 Å². The quantitative estimate of drug-likeness (QED) is 0.297. The van der Waals surface area contributed by atoms with Gasteiger partial charge in [-0.2, -0.15) is 0 Å². The summed E-state index contributed by atoms with van der Waals surface area (Å²) in [6, 6.07) is 12.5. The Morgan fingerprint density at radius 1 is 0.941 bits per heavy atom. The van der Waals surface area contributed by atoms with E-state index in [0.717, 1.165) is 5.56 Å². The van der Waals surface area contributed by atoms with Crippen LogP contribution in [0.15, 0.2) is 54.6 Å². The number of hydrogen-bond donors (Lipinski definition) is 2. The van der Waals surface area contributed by atoms with Crippen LogP contribution in [0, 0.1) is 5.92 Å². The Balaban J connectivity index is 1.79. The zero-order valence-electron chi connectivity index (χ0n) is 19.8. The Hall–Kier alpha value is -3.94. The number of ether oxygens (including phenoxy) is 2. The minimum atomic E-state index is -0.931. The zero-order chi connectivity index (χ0) is 25.1. The highest BCUT2D eigenvalue weighted by Gasteiger charge is 2.18. The van der Waals surface area contributed by atoms with Crippen molar-refractivity contribution in [2.75, 3.05) is 19.0 Å². The molecule has 0 aliphatic rings. The zero-order valence-corrected chi connectivity index (χ0v) is 19.8. The van der Waals surface area contributed by atoms with Gasteiger partial charge in [0.15, 0.2) is 12.4 Å². The van der Waals surface area contributed by atoms with E-state index in [4.69, 9.17) is 9.47 Å². The molecule has 34 heavy (non-hydrogen) atoms. The number of ketones is 1. The lowest BCUT2D eigenvalue weighted by molar-refractivity contribution is -0.145. The average Bonchev–Trinajstić information content (AvgIpc) is 2.81. The Kier molecular flexibility index (Phi) is 10.0. The third kappa shape index (κ3) is 8.90. The number of nitrogens with one attached hydrogen (secondary N) is 2. The van der Waals surface area contributed by atoms with Gasteiger partial charge in [0.25, 0.3) is 0 Å². The molecule has 0 radical (unpaired) electrons. The molecule has 0 aliphatic carbocycles.